The highest BCUT2D eigenvalue weighted by Crippen LogP contribution is 2.54. The highest BCUT2D eigenvalue weighted by atomic mass is 32.2. The predicted molar refractivity (Wildman–Crippen MR) is 151 cm³/mol. The Morgan fingerprint density at radius 3 is 2.32 bits per heavy atom. The zero-order valence-corrected chi connectivity index (χ0v) is 23.9. The summed E-state index contributed by atoms with van der Waals surface area (Å²) in [4.78, 5) is 23.0. The number of carbonyl (C=O) groups excluding carboxylic acids is 1. The molecular formula is C29H40N4O4S. The standard InChI is InChI=1S/C29H40N4O4S/c1-21-17-25(30-26(18-21)33-13-15-37-16-14-33)31-27(34)23-6-5-22(38(35,36)20-28(2,3)4)19-24(23)32-11-9-29(7-8-29)10-12-32/h5-6,17-19H,7-16,20H2,1-4H3,(H,30,31,34). The van der Waals surface area contributed by atoms with Crippen LogP contribution in [0.5, 0.6) is 0 Å². The Labute approximate surface area is 226 Å². The minimum atomic E-state index is -3.50. The molecule has 0 radical (unpaired) electrons. The van der Waals surface area contributed by atoms with Gasteiger partial charge in [-0.3, -0.25) is 4.79 Å². The average Bonchev–Trinajstić information content (AvgIpc) is 3.61. The molecule has 2 aliphatic heterocycles. The van der Waals surface area contributed by atoms with Crippen molar-refractivity contribution in [2.75, 3.05) is 60.3 Å². The normalized spacial score (nSPS) is 19.5. The Bertz CT molecular complexity index is 1300. The molecule has 9 heteroatoms. The maximum absolute atomic E-state index is 13.6. The van der Waals surface area contributed by atoms with Crippen LogP contribution in [0, 0.1) is 17.8 Å². The quantitative estimate of drug-likeness (QED) is 0.569. The Morgan fingerprint density at radius 1 is 1.00 bits per heavy atom. The van der Waals surface area contributed by atoms with Crippen molar-refractivity contribution < 1.29 is 17.9 Å². The van der Waals surface area contributed by atoms with E-state index in [2.05, 4.69) is 15.1 Å². The summed E-state index contributed by atoms with van der Waals surface area (Å²) in [6.07, 6.45) is 4.71. The summed E-state index contributed by atoms with van der Waals surface area (Å²) >= 11 is 0. The first-order valence-electron chi connectivity index (χ1n) is 13.7. The van der Waals surface area contributed by atoms with Gasteiger partial charge in [0.1, 0.15) is 11.6 Å². The molecule has 0 bridgehead atoms. The number of benzene rings is 1. The molecule has 1 aromatic carbocycles. The number of amides is 1. The number of hydrogen-bond donors (Lipinski definition) is 1. The van der Waals surface area contributed by atoms with Gasteiger partial charge in [-0.25, -0.2) is 13.4 Å². The molecule has 0 unspecified atom stereocenters. The predicted octanol–water partition coefficient (Wildman–Crippen LogP) is 4.68. The molecule has 1 saturated carbocycles. The molecule has 1 N–H and O–H groups in total. The Hall–Kier alpha value is -2.65. The van der Waals surface area contributed by atoms with Crippen molar-refractivity contribution in [3.05, 3.63) is 41.5 Å². The molecule has 5 rings (SSSR count). The van der Waals surface area contributed by atoms with Crippen LogP contribution in [0.15, 0.2) is 35.2 Å². The van der Waals surface area contributed by atoms with E-state index >= 15 is 0 Å². The van der Waals surface area contributed by atoms with Gasteiger partial charge in [0.15, 0.2) is 9.84 Å². The number of nitrogens with one attached hydrogen (secondary N) is 1. The van der Waals surface area contributed by atoms with Crippen LogP contribution in [0.4, 0.5) is 17.3 Å². The van der Waals surface area contributed by atoms with Gasteiger partial charge in [-0.15, -0.1) is 0 Å². The van der Waals surface area contributed by atoms with Crippen LogP contribution in [-0.2, 0) is 14.6 Å². The lowest BCUT2D eigenvalue weighted by Crippen LogP contribution is -2.37. The van der Waals surface area contributed by atoms with E-state index < -0.39 is 9.84 Å². The zero-order chi connectivity index (χ0) is 27.1. The van der Waals surface area contributed by atoms with Crippen LogP contribution in [-0.4, -0.2) is 64.5 Å². The highest BCUT2D eigenvalue weighted by molar-refractivity contribution is 7.91. The Morgan fingerprint density at radius 2 is 1.68 bits per heavy atom. The maximum Gasteiger partial charge on any atom is 0.258 e. The largest absolute Gasteiger partial charge is 0.378 e. The maximum atomic E-state index is 13.6. The van der Waals surface area contributed by atoms with Crippen molar-refractivity contribution in [1.82, 2.24) is 4.98 Å². The number of morpholine rings is 1. The van der Waals surface area contributed by atoms with Gasteiger partial charge >= 0.3 is 0 Å². The molecule has 1 aliphatic carbocycles. The van der Waals surface area contributed by atoms with Gasteiger partial charge in [-0.2, -0.15) is 0 Å². The van der Waals surface area contributed by atoms with E-state index in [0.717, 1.165) is 50.4 Å². The Kier molecular flexibility index (Phi) is 7.20. The number of carbonyl (C=O) groups is 1. The number of pyridine rings is 1. The van der Waals surface area contributed by atoms with E-state index in [0.29, 0.717) is 35.7 Å². The fourth-order valence-electron chi connectivity index (χ4n) is 5.56. The molecule has 1 aromatic heterocycles. The zero-order valence-electron chi connectivity index (χ0n) is 23.0. The van der Waals surface area contributed by atoms with Crippen LogP contribution in [0.1, 0.15) is 62.4 Å². The number of piperidine rings is 1. The smallest absolute Gasteiger partial charge is 0.258 e. The fourth-order valence-corrected chi connectivity index (χ4v) is 7.44. The van der Waals surface area contributed by atoms with Crippen molar-refractivity contribution in [2.24, 2.45) is 10.8 Å². The van der Waals surface area contributed by atoms with Crippen LogP contribution in [0.2, 0.25) is 0 Å². The minimum absolute atomic E-state index is 0.0472. The van der Waals surface area contributed by atoms with E-state index in [9.17, 15) is 13.2 Å². The lowest BCUT2D eigenvalue weighted by molar-refractivity contribution is 0.102. The van der Waals surface area contributed by atoms with Crippen LogP contribution < -0.4 is 15.1 Å². The third kappa shape index (κ3) is 6.15. The minimum Gasteiger partial charge on any atom is -0.378 e. The fraction of sp³-hybridized carbons (Fsp3) is 0.586. The SMILES string of the molecule is Cc1cc(NC(=O)c2ccc(S(=O)(=O)CC(C)(C)C)cc2N2CCC3(CC2)CC3)nc(N2CCOCC2)c1. The molecule has 206 valence electrons. The molecule has 1 spiro atoms. The molecule has 3 heterocycles. The summed E-state index contributed by atoms with van der Waals surface area (Å²) in [6.45, 7) is 12.2. The number of nitrogens with zero attached hydrogens (tertiary/aromatic N) is 3. The number of anilines is 3. The third-order valence-corrected chi connectivity index (χ3v) is 10.1. The second kappa shape index (κ2) is 10.2. The summed E-state index contributed by atoms with van der Waals surface area (Å²) in [5, 5.41) is 3.00. The average molecular weight is 541 g/mol. The number of aromatic nitrogens is 1. The molecular weight excluding hydrogens is 500 g/mol. The summed E-state index contributed by atoms with van der Waals surface area (Å²) in [6, 6.07) is 8.84. The molecule has 2 saturated heterocycles. The lowest BCUT2D eigenvalue weighted by atomic mass is 9.93. The first kappa shape index (κ1) is 26.9. The first-order valence-corrected chi connectivity index (χ1v) is 15.3. The first-order chi connectivity index (χ1) is 17.9. The van der Waals surface area contributed by atoms with Gasteiger partial charge < -0.3 is 19.9 Å². The number of sulfone groups is 1. The van der Waals surface area contributed by atoms with Gasteiger partial charge in [-0.1, -0.05) is 20.8 Å². The summed E-state index contributed by atoms with van der Waals surface area (Å²) in [7, 11) is -3.50. The van der Waals surface area contributed by atoms with Crippen LogP contribution in [0.25, 0.3) is 0 Å². The highest BCUT2D eigenvalue weighted by Gasteiger charge is 2.44. The second-order valence-corrected chi connectivity index (χ2v) is 14.4. The number of ether oxygens (including phenoxy) is 1. The monoisotopic (exact) mass is 540 g/mol. The molecule has 2 aromatic rings. The summed E-state index contributed by atoms with van der Waals surface area (Å²) in [5.41, 5.74) is 2.27. The van der Waals surface area contributed by atoms with Crippen LogP contribution >= 0.6 is 0 Å². The molecule has 0 atom stereocenters. The second-order valence-electron chi connectivity index (χ2n) is 12.4. The molecule has 38 heavy (non-hydrogen) atoms. The molecule has 3 aliphatic rings. The van der Waals surface area contributed by atoms with Crippen molar-refractivity contribution in [1.29, 1.82) is 0 Å². The molecule has 1 amide bonds. The van der Waals surface area contributed by atoms with E-state index in [1.54, 1.807) is 18.2 Å². The van der Waals surface area contributed by atoms with Gasteiger partial charge in [0.05, 0.1) is 35.1 Å². The van der Waals surface area contributed by atoms with Crippen molar-refractivity contribution >= 4 is 33.1 Å². The molecule has 3 fully saturated rings. The van der Waals surface area contributed by atoms with Crippen molar-refractivity contribution in [3.63, 3.8) is 0 Å². The Balaban J connectivity index is 1.44. The van der Waals surface area contributed by atoms with E-state index in [-0.39, 0.29) is 22.0 Å². The summed E-state index contributed by atoms with van der Waals surface area (Å²) in [5.74, 6) is 1.07. The van der Waals surface area contributed by atoms with Crippen molar-refractivity contribution in [3.8, 4) is 0 Å². The topological polar surface area (TPSA) is 91.8 Å². The third-order valence-electron chi connectivity index (χ3n) is 7.85. The van der Waals surface area contributed by atoms with Gasteiger partial charge in [0, 0.05) is 26.2 Å². The van der Waals surface area contributed by atoms with E-state index in [4.69, 9.17) is 9.72 Å². The van der Waals surface area contributed by atoms with Crippen molar-refractivity contribution in [2.45, 2.75) is 58.3 Å². The van der Waals surface area contributed by atoms with E-state index in [1.165, 1.54) is 12.8 Å². The van der Waals surface area contributed by atoms with Gasteiger partial charge in [0.2, 0.25) is 0 Å². The van der Waals surface area contributed by atoms with E-state index in [1.807, 2.05) is 39.8 Å². The van der Waals surface area contributed by atoms with Gasteiger partial charge in [0.25, 0.3) is 5.91 Å². The van der Waals surface area contributed by atoms with Crippen LogP contribution in [0.3, 0.4) is 0 Å². The molecule has 8 nitrogen and oxygen atoms in total. The number of aryl methyl sites for hydroxylation is 1. The number of hydrogen-bond acceptors (Lipinski definition) is 7. The van der Waals surface area contributed by atoms with Gasteiger partial charge in [-0.05, 0) is 79.3 Å². The summed E-state index contributed by atoms with van der Waals surface area (Å²) < 4.78 is 32.0. The lowest BCUT2D eigenvalue weighted by Gasteiger charge is -2.35. The number of rotatable bonds is 6.